The van der Waals surface area contributed by atoms with Gasteiger partial charge >= 0.3 is 0 Å². The number of nitrogens with zero attached hydrogens (tertiary/aromatic N) is 2. The molecule has 0 aromatic carbocycles. The van der Waals surface area contributed by atoms with E-state index in [2.05, 4.69) is 14.7 Å². The molecule has 2 aromatic heterocycles. The van der Waals surface area contributed by atoms with E-state index in [1.165, 1.54) is 17.1 Å². The van der Waals surface area contributed by atoms with Crippen molar-refractivity contribution >= 4 is 34.5 Å². The van der Waals surface area contributed by atoms with Gasteiger partial charge in [-0.25, -0.2) is 4.98 Å². The minimum atomic E-state index is 0.496. The molecule has 0 aliphatic carbocycles. The maximum Gasteiger partial charge on any atom is 0.203 e. The van der Waals surface area contributed by atoms with Gasteiger partial charge in [0.15, 0.2) is 5.82 Å². The highest BCUT2D eigenvalue weighted by molar-refractivity contribution is 7.10. The molecule has 0 N–H and O–H groups in total. The van der Waals surface area contributed by atoms with E-state index in [4.69, 9.17) is 11.6 Å². The first kappa shape index (κ1) is 8.16. The summed E-state index contributed by atoms with van der Waals surface area (Å²) in [7, 11) is 0. The fraction of sp³-hybridized carbons (Fsp3) is 0.143. The molecule has 0 fully saturated rings. The minimum Gasteiger partial charge on any atom is -0.203 e. The Morgan fingerprint density at radius 1 is 1.42 bits per heavy atom. The van der Waals surface area contributed by atoms with Gasteiger partial charge in [0.05, 0.1) is 0 Å². The van der Waals surface area contributed by atoms with Gasteiger partial charge in [-0.2, -0.15) is 15.7 Å². The van der Waals surface area contributed by atoms with E-state index in [0.717, 1.165) is 11.4 Å². The third-order valence-corrected chi connectivity index (χ3v) is 3.16. The molecule has 0 aliphatic heterocycles. The minimum absolute atomic E-state index is 0.496. The van der Waals surface area contributed by atoms with Crippen molar-refractivity contribution in [2.24, 2.45) is 0 Å². The summed E-state index contributed by atoms with van der Waals surface area (Å²) in [5.41, 5.74) is 2.29. The number of rotatable bonds is 1. The molecule has 62 valence electrons. The Bertz CT molecular complexity index is 394. The first-order chi connectivity index (χ1) is 5.77. The summed E-state index contributed by atoms with van der Waals surface area (Å²) in [6, 6.07) is 0. The lowest BCUT2D eigenvalue weighted by molar-refractivity contribution is 1.32. The summed E-state index contributed by atoms with van der Waals surface area (Å²) in [4.78, 5) is 4.09. The Hall–Kier alpha value is -0.450. The van der Waals surface area contributed by atoms with Crippen molar-refractivity contribution < 1.29 is 0 Å². The van der Waals surface area contributed by atoms with Crippen molar-refractivity contribution in [3.05, 3.63) is 20.8 Å². The molecule has 0 aliphatic rings. The Balaban J connectivity index is 2.50. The molecule has 0 spiro atoms. The SMILES string of the molecule is Cc1cscc1-c1nsc(Cl)n1. The van der Waals surface area contributed by atoms with Gasteiger partial charge in [-0.15, -0.1) is 0 Å². The molecule has 2 heterocycles. The van der Waals surface area contributed by atoms with Crippen LogP contribution in [0.3, 0.4) is 0 Å². The molecule has 0 saturated heterocycles. The average Bonchev–Trinajstić information content (AvgIpc) is 2.58. The second kappa shape index (κ2) is 3.12. The van der Waals surface area contributed by atoms with Crippen LogP contribution >= 0.6 is 34.5 Å². The summed E-state index contributed by atoms with van der Waals surface area (Å²) in [5, 5.41) is 4.11. The van der Waals surface area contributed by atoms with E-state index in [9.17, 15) is 0 Å². The van der Waals surface area contributed by atoms with Crippen LogP contribution in [0.2, 0.25) is 4.47 Å². The maximum absolute atomic E-state index is 5.68. The van der Waals surface area contributed by atoms with Gasteiger partial charge < -0.3 is 0 Å². The Kier molecular flexibility index (Phi) is 2.12. The Labute approximate surface area is 83.0 Å². The quantitative estimate of drug-likeness (QED) is 0.732. The summed E-state index contributed by atoms with van der Waals surface area (Å²) in [5.74, 6) is 0.740. The average molecular weight is 217 g/mol. The van der Waals surface area contributed by atoms with Crippen LogP contribution in [-0.4, -0.2) is 9.36 Å². The van der Waals surface area contributed by atoms with Crippen LogP contribution in [0.15, 0.2) is 10.8 Å². The first-order valence-corrected chi connectivity index (χ1v) is 5.39. The molecule has 0 saturated carbocycles. The fourth-order valence-corrected chi connectivity index (χ4v) is 2.34. The number of aromatic nitrogens is 2. The Morgan fingerprint density at radius 2 is 2.25 bits per heavy atom. The summed E-state index contributed by atoms with van der Waals surface area (Å²) >= 11 is 8.55. The number of hydrogen-bond acceptors (Lipinski definition) is 4. The van der Waals surface area contributed by atoms with Gasteiger partial charge in [0.2, 0.25) is 4.47 Å². The standard InChI is InChI=1S/C7H5ClN2S2/c1-4-2-11-3-5(4)6-9-7(8)12-10-6/h2-3H,1H3. The molecular weight excluding hydrogens is 212 g/mol. The second-order valence-corrected chi connectivity index (χ2v) is 4.42. The summed E-state index contributed by atoms with van der Waals surface area (Å²) < 4.78 is 4.62. The number of hydrogen-bond donors (Lipinski definition) is 0. The molecule has 2 rings (SSSR count). The molecular formula is C7H5ClN2S2. The molecule has 0 radical (unpaired) electrons. The second-order valence-electron chi connectivity index (χ2n) is 2.34. The van der Waals surface area contributed by atoms with Gasteiger partial charge in [-0.05, 0) is 41.0 Å². The van der Waals surface area contributed by atoms with Crippen LogP contribution in [-0.2, 0) is 0 Å². The topological polar surface area (TPSA) is 25.8 Å². The van der Waals surface area contributed by atoms with Crippen molar-refractivity contribution in [1.82, 2.24) is 9.36 Å². The molecule has 0 amide bonds. The lowest BCUT2D eigenvalue weighted by Gasteiger charge is -1.89. The Morgan fingerprint density at radius 3 is 2.75 bits per heavy atom. The summed E-state index contributed by atoms with van der Waals surface area (Å²) in [6.07, 6.45) is 0. The maximum atomic E-state index is 5.68. The van der Waals surface area contributed by atoms with E-state index < -0.39 is 0 Å². The van der Waals surface area contributed by atoms with E-state index in [0.29, 0.717) is 4.47 Å². The zero-order valence-electron chi connectivity index (χ0n) is 6.24. The molecule has 0 atom stereocenters. The highest BCUT2D eigenvalue weighted by atomic mass is 35.5. The van der Waals surface area contributed by atoms with Crippen molar-refractivity contribution in [3.8, 4) is 11.4 Å². The zero-order valence-corrected chi connectivity index (χ0v) is 8.63. The molecule has 2 aromatic rings. The van der Waals surface area contributed by atoms with Crippen LogP contribution in [0.1, 0.15) is 5.56 Å². The molecule has 12 heavy (non-hydrogen) atoms. The van der Waals surface area contributed by atoms with Crippen molar-refractivity contribution in [3.63, 3.8) is 0 Å². The van der Waals surface area contributed by atoms with Gasteiger partial charge in [0.1, 0.15) is 0 Å². The van der Waals surface area contributed by atoms with Gasteiger partial charge in [-0.1, -0.05) is 0 Å². The van der Waals surface area contributed by atoms with E-state index in [1.807, 2.05) is 12.3 Å². The third-order valence-electron chi connectivity index (χ3n) is 1.50. The normalized spacial score (nSPS) is 10.5. The fourth-order valence-electron chi connectivity index (χ4n) is 0.904. The monoisotopic (exact) mass is 216 g/mol. The van der Waals surface area contributed by atoms with Gasteiger partial charge in [0, 0.05) is 10.9 Å². The molecule has 0 unspecified atom stereocenters. The predicted molar refractivity (Wildman–Crippen MR) is 53.0 cm³/mol. The largest absolute Gasteiger partial charge is 0.203 e. The lowest BCUT2D eigenvalue weighted by atomic mass is 10.2. The van der Waals surface area contributed by atoms with Gasteiger partial charge in [-0.3, -0.25) is 0 Å². The zero-order chi connectivity index (χ0) is 8.55. The smallest absolute Gasteiger partial charge is 0.203 e. The molecule has 0 bridgehead atoms. The third kappa shape index (κ3) is 1.37. The van der Waals surface area contributed by atoms with Crippen molar-refractivity contribution in [2.45, 2.75) is 6.92 Å². The number of halogens is 1. The molecule has 2 nitrogen and oxygen atoms in total. The highest BCUT2D eigenvalue weighted by Gasteiger charge is 2.07. The summed E-state index contributed by atoms with van der Waals surface area (Å²) in [6.45, 7) is 2.04. The predicted octanol–water partition coefficient (Wildman–Crippen LogP) is 3.23. The van der Waals surface area contributed by atoms with E-state index >= 15 is 0 Å². The first-order valence-electron chi connectivity index (χ1n) is 3.30. The van der Waals surface area contributed by atoms with Crippen LogP contribution in [0.4, 0.5) is 0 Å². The number of thiophene rings is 1. The van der Waals surface area contributed by atoms with Crippen molar-refractivity contribution in [2.75, 3.05) is 0 Å². The van der Waals surface area contributed by atoms with Crippen LogP contribution in [0.5, 0.6) is 0 Å². The van der Waals surface area contributed by atoms with Crippen molar-refractivity contribution in [1.29, 1.82) is 0 Å². The number of aryl methyl sites for hydroxylation is 1. The lowest BCUT2D eigenvalue weighted by Crippen LogP contribution is -1.78. The van der Waals surface area contributed by atoms with E-state index in [-0.39, 0.29) is 0 Å². The van der Waals surface area contributed by atoms with Crippen LogP contribution in [0, 0.1) is 6.92 Å². The van der Waals surface area contributed by atoms with Crippen LogP contribution in [0.25, 0.3) is 11.4 Å². The van der Waals surface area contributed by atoms with Crippen LogP contribution < -0.4 is 0 Å². The molecule has 5 heteroatoms. The van der Waals surface area contributed by atoms with E-state index in [1.54, 1.807) is 11.3 Å². The van der Waals surface area contributed by atoms with Gasteiger partial charge in [0.25, 0.3) is 0 Å². The highest BCUT2D eigenvalue weighted by Crippen LogP contribution is 2.26.